The molecular formula is C24H24ClFN2O3. The summed E-state index contributed by atoms with van der Waals surface area (Å²) in [5.74, 6) is -0.189. The van der Waals surface area contributed by atoms with Crippen molar-refractivity contribution < 1.29 is 18.7 Å². The third-order valence-electron chi connectivity index (χ3n) is 6.94. The number of benzene rings is 2. The van der Waals surface area contributed by atoms with Gasteiger partial charge in [-0.05, 0) is 48.2 Å². The first-order chi connectivity index (χ1) is 14.9. The van der Waals surface area contributed by atoms with Crippen LogP contribution in [0, 0.1) is 5.82 Å². The number of likely N-dealkylation sites (tertiary alicyclic amines) is 1. The molecule has 1 atom stereocenters. The number of halogens is 2. The molecule has 0 radical (unpaired) electrons. The molecule has 3 aliphatic rings. The second kappa shape index (κ2) is 7.52. The van der Waals surface area contributed by atoms with Crippen molar-refractivity contribution in [3.8, 4) is 0 Å². The van der Waals surface area contributed by atoms with Gasteiger partial charge < -0.3 is 9.64 Å². The zero-order chi connectivity index (χ0) is 21.6. The molecule has 1 saturated carbocycles. The first kappa shape index (κ1) is 20.3. The summed E-state index contributed by atoms with van der Waals surface area (Å²) in [5.41, 5.74) is 0.692. The van der Waals surface area contributed by atoms with E-state index in [1.807, 2.05) is 29.2 Å². The molecule has 2 amide bonds. The van der Waals surface area contributed by atoms with Crippen LogP contribution in [-0.4, -0.2) is 47.0 Å². The summed E-state index contributed by atoms with van der Waals surface area (Å²) in [6, 6.07) is 13.7. The summed E-state index contributed by atoms with van der Waals surface area (Å²) in [6.45, 7) is 1.78. The van der Waals surface area contributed by atoms with Crippen molar-refractivity contribution in [1.82, 2.24) is 9.80 Å². The van der Waals surface area contributed by atoms with Crippen molar-refractivity contribution in [2.24, 2.45) is 0 Å². The van der Waals surface area contributed by atoms with Gasteiger partial charge in [0, 0.05) is 24.5 Å². The Labute approximate surface area is 185 Å². The lowest BCUT2D eigenvalue weighted by molar-refractivity contribution is -0.140. The van der Waals surface area contributed by atoms with Gasteiger partial charge in [0.05, 0.1) is 18.5 Å². The number of ether oxygens (including phenoxy) is 1. The minimum atomic E-state index is -0.669. The van der Waals surface area contributed by atoms with E-state index in [0.29, 0.717) is 37.6 Å². The third kappa shape index (κ3) is 3.57. The summed E-state index contributed by atoms with van der Waals surface area (Å²) in [7, 11) is 0. The highest BCUT2D eigenvalue weighted by Crippen LogP contribution is 2.47. The van der Waals surface area contributed by atoms with E-state index in [9.17, 15) is 14.0 Å². The van der Waals surface area contributed by atoms with E-state index < -0.39 is 11.0 Å². The second-order valence-corrected chi connectivity index (χ2v) is 9.39. The maximum absolute atomic E-state index is 13.6. The number of hydrogen-bond donors (Lipinski definition) is 0. The Morgan fingerprint density at radius 1 is 1.03 bits per heavy atom. The molecule has 2 aromatic rings. The number of carbonyl (C=O) groups excluding carboxylic acids is 2. The van der Waals surface area contributed by atoms with Crippen LogP contribution in [0.3, 0.4) is 0 Å². The third-order valence-corrected chi connectivity index (χ3v) is 7.20. The molecule has 2 heterocycles. The monoisotopic (exact) mass is 442 g/mol. The van der Waals surface area contributed by atoms with Crippen LogP contribution in [-0.2, 0) is 21.5 Å². The molecule has 2 aliphatic heterocycles. The highest BCUT2D eigenvalue weighted by atomic mass is 35.5. The number of hydrogen-bond acceptors (Lipinski definition) is 3. The lowest BCUT2D eigenvalue weighted by Gasteiger charge is -2.43. The SMILES string of the molecule is O=C1OC2(CCN(C(=O)C3(c4ccc(Cl)cc4)CCC3)C2)CN1Cc1ccc(F)cc1. The molecule has 5 rings (SSSR count). The number of nitrogens with zero attached hydrogens (tertiary/aromatic N) is 2. The van der Waals surface area contributed by atoms with E-state index in [4.69, 9.17) is 16.3 Å². The van der Waals surface area contributed by atoms with Crippen molar-refractivity contribution in [2.45, 2.75) is 43.2 Å². The predicted molar refractivity (Wildman–Crippen MR) is 114 cm³/mol. The Morgan fingerprint density at radius 2 is 1.74 bits per heavy atom. The van der Waals surface area contributed by atoms with Gasteiger partial charge in [0.2, 0.25) is 5.91 Å². The van der Waals surface area contributed by atoms with E-state index in [0.717, 1.165) is 30.4 Å². The fraction of sp³-hybridized carbons (Fsp3) is 0.417. The second-order valence-electron chi connectivity index (χ2n) is 8.95. The molecule has 1 unspecified atom stereocenters. The zero-order valence-corrected chi connectivity index (χ0v) is 17.9. The number of carbonyl (C=O) groups is 2. The lowest BCUT2D eigenvalue weighted by Crippen LogP contribution is -2.51. The van der Waals surface area contributed by atoms with Crippen molar-refractivity contribution in [1.29, 1.82) is 0 Å². The van der Waals surface area contributed by atoms with Crippen LogP contribution < -0.4 is 0 Å². The number of amides is 2. The van der Waals surface area contributed by atoms with Crippen LogP contribution in [0.4, 0.5) is 9.18 Å². The molecule has 162 valence electrons. The van der Waals surface area contributed by atoms with Gasteiger partial charge in [0.1, 0.15) is 5.82 Å². The largest absolute Gasteiger partial charge is 0.439 e. The molecule has 0 bridgehead atoms. The van der Waals surface area contributed by atoms with E-state index >= 15 is 0 Å². The number of rotatable bonds is 4. The highest BCUT2D eigenvalue weighted by molar-refractivity contribution is 6.30. The summed E-state index contributed by atoms with van der Waals surface area (Å²) in [4.78, 5) is 29.6. The van der Waals surface area contributed by atoms with Crippen molar-refractivity contribution in [2.75, 3.05) is 19.6 Å². The fourth-order valence-electron chi connectivity index (χ4n) is 5.08. The van der Waals surface area contributed by atoms with E-state index in [-0.39, 0.29) is 17.8 Å². The molecule has 7 heteroatoms. The van der Waals surface area contributed by atoms with E-state index in [2.05, 4.69) is 0 Å². The minimum Gasteiger partial charge on any atom is -0.439 e. The average Bonchev–Trinajstić information content (AvgIpc) is 3.26. The Bertz CT molecular complexity index is 1010. The molecule has 0 aromatic heterocycles. The maximum atomic E-state index is 13.6. The highest BCUT2D eigenvalue weighted by Gasteiger charge is 2.54. The normalized spacial score (nSPS) is 24.4. The zero-order valence-electron chi connectivity index (χ0n) is 17.2. The molecule has 1 aliphatic carbocycles. The van der Waals surface area contributed by atoms with Gasteiger partial charge in [0.15, 0.2) is 5.60 Å². The topological polar surface area (TPSA) is 49.9 Å². The van der Waals surface area contributed by atoms with Crippen molar-refractivity contribution in [3.63, 3.8) is 0 Å². The first-order valence-corrected chi connectivity index (χ1v) is 11.0. The van der Waals surface area contributed by atoms with Gasteiger partial charge in [-0.15, -0.1) is 0 Å². The molecule has 2 aromatic carbocycles. The van der Waals surface area contributed by atoms with Crippen molar-refractivity contribution in [3.05, 3.63) is 70.5 Å². The Morgan fingerprint density at radius 3 is 2.39 bits per heavy atom. The molecular weight excluding hydrogens is 419 g/mol. The van der Waals surface area contributed by atoms with Crippen LogP contribution in [0.1, 0.15) is 36.8 Å². The van der Waals surface area contributed by atoms with Gasteiger partial charge in [0.25, 0.3) is 0 Å². The van der Waals surface area contributed by atoms with Crippen LogP contribution in [0.2, 0.25) is 5.02 Å². The van der Waals surface area contributed by atoms with Gasteiger partial charge in [-0.1, -0.05) is 42.3 Å². The Kier molecular flexibility index (Phi) is 4.93. The molecule has 2 saturated heterocycles. The van der Waals surface area contributed by atoms with E-state index in [1.54, 1.807) is 17.0 Å². The Balaban J connectivity index is 1.29. The Hall–Kier alpha value is -2.60. The standard InChI is InChI=1S/C24H24ClFN2O3/c25-19-6-4-18(5-7-19)24(10-1-11-24)21(29)27-13-12-23(15-27)16-28(22(30)31-23)14-17-2-8-20(26)9-3-17/h2-9H,1,10-16H2. The quantitative estimate of drug-likeness (QED) is 0.699. The molecule has 0 N–H and O–H groups in total. The molecule has 3 fully saturated rings. The van der Waals surface area contributed by atoms with Gasteiger partial charge in [-0.2, -0.15) is 0 Å². The molecule has 5 nitrogen and oxygen atoms in total. The predicted octanol–water partition coefficient (Wildman–Crippen LogP) is 4.52. The summed E-state index contributed by atoms with van der Waals surface area (Å²) >= 11 is 6.04. The van der Waals surface area contributed by atoms with Crippen LogP contribution in [0.15, 0.2) is 48.5 Å². The minimum absolute atomic E-state index is 0.117. The van der Waals surface area contributed by atoms with Gasteiger partial charge >= 0.3 is 6.09 Å². The fourth-order valence-corrected chi connectivity index (χ4v) is 5.21. The summed E-state index contributed by atoms with van der Waals surface area (Å²) in [6.07, 6.45) is 2.92. The van der Waals surface area contributed by atoms with Gasteiger partial charge in [-0.25, -0.2) is 9.18 Å². The molecule has 31 heavy (non-hydrogen) atoms. The lowest BCUT2D eigenvalue weighted by atomic mass is 9.63. The van der Waals surface area contributed by atoms with Gasteiger partial charge in [-0.3, -0.25) is 9.69 Å². The molecule has 1 spiro atoms. The average molecular weight is 443 g/mol. The smallest absolute Gasteiger partial charge is 0.410 e. The summed E-state index contributed by atoms with van der Waals surface area (Å²) < 4.78 is 18.9. The van der Waals surface area contributed by atoms with Crippen molar-refractivity contribution >= 4 is 23.6 Å². The first-order valence-electron chi connectivity index (χ1n) is 10.7. The van der Waals surface area contributed by atoms with Crippen LogP contribution in [0.5, 0.6) is 0 Å². The van der Waals surface area contributed by atoms with Crippen LogP contribution >= 0.6 is 11.6 Å². The maximum Gasteiger partial charge on any atom is 0.410 e. The van der Waals surface area contributed by atoms with Crippen LogP contribution in [0.25, 0.3) is 0 Å². The van der Waals surface area contributed by atoms with E-state index in [1.165, 1.54) is 12.1 Å². The summed E-state index contributed by atoms with van der Waals surface area (Å²) in [5, 5.41) is 0.657.